The van der Waals surface area contributed by atoms with E-state index in [-0.39, 0.29) is 12.5 Å². The molecular formula is C14H20N2O4. The molecule has 1 N–H and O–H groups in total. The van der Waals surface area contributed by atoms with Crippen LogP contribution in [0.25, 0.3) is 0 Å². The predicted octanol–water partition coefficient (Wildman–Crippen LogP) is 0.874. The highest BCUT2D eigenvalue weighted by atomic mass is 16.5. The van der Waals surface area contributed by atoms with Gasteiger partial charge in [0, 0.05) is 6.54 Å². The Labute approximate surface area is 118 Å². The second-order valence-corrected chi connectivity index (χ2v) is 5.57. The van der Waals surface area contributed by atoms with E-state index in [9.17, 15) is 14.7 Å². The Hall–Kier alpha value is -1.61. The maximum absolute atomic E-state index is 12.5. The number of rotatable bonds is 3. The lowest BCUT2D eigenvalue weighted by Crippen LogP contribution is -2.48. The van der Waals surface area contributed by atoms with Gasteiger partial charge in [-0.25, -0.2) is 0 Å². The quantitative estimate of drug-likeness (QED) is 0.828. The number of amides is 1. The minimum Gasteiger partial charge on any atom is -0.481 e. The van der Waals surface area contributed by atoms with Crippen LogP contribution in [0, 0.1) is 29.1 Å². The van der Waals surface area contributed by atoms with Gasteiger partial charge in [0.2, 0.25) is 5.91 Å². The van der Waals surface area contributed by atoms with Crippen LogP contribution < -0.4 is 0 Å². The summed E-state index contributed by atoms with van der Waals surface area (Å²) in [6.45, 7) is 3.05. The van der Waals surface area contributed by atoms with E-state index < -0.39 is 23.9 Å². The van der Waals surface area contributed by atoms with Crippen LogP contribution in [-0.2, 0) is 14.3 Å². The third-order valence-corrected chi connectivity index (χ3v) is 4.39. The zero-order valence-corrected chi connectivity index (χ0v) is 11.6. The molecule has 2 unspecified atom stereocenters. The van der Waals surface area contributed by atoms with Crippen LogP contribution in [0.5, 0.6) is 0 Å². The fourth-order valence-electron chi connectivity index (χ4n) is 3.18. The molecule has 1 aliphatic heterocycles. The Balaban J connectivity index is 2.07. The number of carboxylic acids is 1. The van der Waals surface area contributed by atoms with Crippen molar-refractivity contribution in [3.05, 3.63) is 0 Å². The molecule has 1 saturated heterocycles. The molecule has 6 heteroatoms. The average molecular weight is 280 g/mol. The van der Waals surface area contributed by atoms with Gasteiger partial charge in [0.15, 0.2) is 6.10 Å². The molecule has 6 nitrogen and oxygen atoms in total. The van der Waals surface area contributed by atoms with Crippen LogP contribution in [-0.4, -0.2) is 47.7 Å². The van der Waals surface area contributed by atoms with Crippen LogP contribution in [0.15, 0.2) is 0 Å². The normalized spacial score (nSPS) is 33.7. The number of carbonyl (C=O) groups is 2. The van der Waals surface area contributed by atoms with Crippen LogP contribution in [0.4, 0.5) is 0 Å². The summed E-state index contributed by atoms with van der Waals surface area (Å²) < 4.78 is 5.22. The zero-order chi connectivity index (χ0) is 14.7. The van der Waals surface area contributed by atoms with E-state index in [1.165, 1.54) is 0 Å². The first-order valence-corrected chi connectivity index (χ1v) is 7.09. The Bertz CT molecular complexity index is 431. The van der Waals surface area contributed by atoms with Crippen molar-refractivity contribution in [2.75, 3.05) is 19.7 Å². The van der Waals surface area contributed by atoms with Gasteiger partial charge in [0.25, 0.3) is 0 Å². The number of aliphatic carboxylic acids is 1. The van der Waals surface area contributed by atoms with Crippen molar-refractivity contribution in [3.8, 4) is 6.07 Å². The summed E-state index contributed by atoms with van der Waals surface area (Å²) in [7, 11) is 0. The third kappa shape index (κ3) is 2.93. The summed E-state index contributed by atoms with van der Waals surface area (Å²) in [5.74, 6) is -1.75. The third-order valence-electron chi connectivity index (χ3n) is 4.39. The van der Waals surface area contributed by atoms with Gasteiger partial charge in [-0.1, -0.05) is 13.3 Å². The minimum atomic E-state index is -0.885. The Morgan fingerprint density at radius 1 is 1.40 bits per heavy atom. The van der Waals surface area contributed by atoms with Crippen molar-refractivity contribution in [1.29, 1.82) is 5.26 Å². The first-order valence-electron chi connectivity index (χ1n) is 7.09. The van der Waals surface area contributed by atoms with Crippen LogP contribution >= 0.6 is 0 Å². The van der Waals surface area contributed by atoms with E-state index in [0.717, 1.165) is 6.42 Å². The van der Waals surface area contributed by atoms with E-state index >= 15 is 0 Å². The SMILES string of the molecule is CCC1C[C@H](C(=O)N2CCOC(C#N)C2)[C@H](C(=O)O)C1. The van der Waals surface area contributed by atoms with E-state index in [0.29, 0.717) is 31.9 Å². The molecule has 2 aliphatic rings. The minimum absolute atomic E-state index is 0.128. The van der Waals surface area contributed by atoms with Gasteiger partial charge in [0.05, 0.1) is 31.1 Å². The van der Waals surface area contributed by atoms with Crippen molar-refractivity contribution >= 4 is 11.9 Å². The second kappa shape index (κ2) is 6.23. The molecule has 2 fully saturated rings. The molecular weight excluding hydrogens is 260 g/mol. The number of carbonyl (C=O) groups excluding carboxylic acids is 1. The van der Waals surface area contributed by atoms with E-state index in [2.05, 4.69) is 0 Å². The molecule has 0 bridgehead atoms. The summed E-state index contributed by atoms with van der Waals surface area (Å²) in [6, 6.07) is 2.00. The number of hydrogen-bond donors (Lipinski definition) is 1. The van der Waals surface area contributed by atoms with Crippen LogP contribution in [0.1, 0.15) is 26.2 Å². The van der Waals surface area contributed by atoms with Crippen LogP contribution in [0.2, 0.25) is 0 Å². The topological polar surface area (TPSA) is 90.6 Å². The van der Waals surface area contributed by atoms with Crippen molar-refractivity contribution in [2.24, 2.45) is 17.8 Å². The molecule has 0 aromatic carbocycles. The van der Waals surface area contributed by atoms with Gasteiger partial charge in [-0.05, 0) is 18.8 Å². The largest absolute Gasteiger partial charge is 0.481 e. The van der Waals surface area contributed by atoms with E-state index in [4.69, 9.17) is 10.00 Å². The first-order chi connectivity index (χ1) is 9.56. The standard InChI is InChI=1S/C14H20N2O4/c1-2-9-5-11(12(6-9)14(18)19)13(17)16-3-4-20-10(7-15)8-16/h9-12H,2-6,8H2,1H3,(H,18,19)/t9?,10?,11-,12+/m0/s1. The lowest BCUT2D eigenvalue weighted by molar-refractivity contribution is -0.151. The van der Waals surface area contributed by atoms with Gasteiger partial charge < -0.3 is 14.7 Å². The zero-order valence-electron chi connectivity index (χ0n) is 11.6. The average Bonchev–Trinajstić information content (AvgIpc) is 2.91. The first kappa shape index (κ1) is 14.8. The maximum atomic E-state index is 12.5. The molecule has 4 atom stereocenters. The molecule has 1 amide bonds. The highest BCUT2D eigenvalue weighted by Gasteiger charge is 2.44. The Morgan fingerprint density at radius 3 is 2.70 bits per heavy atom. The lowest BCUT2D eigenvalue weighted by Gasteiger charge is -2.32. The van der Waals surface area contributed by atoms with Gasteiger partial charge in [0.1, 0.15) is 0 Å². The fraction of sp³-hybridized carbons (Fsp3) is 0.786. The van der Waals surface area contributed by atoms with E-state index in [1.54, 1.807) is 4.90 Å². The molecule has 1 aliphatic carbocycles. The monoisotopic (exact) mass is 280 g/mol. The molecule has 0 aromatic rings. The summed E-state index contributed by atoms with van der Waals surface area (Å²) in [6.07, 6.45) is 1.52. The number of carboxylic acid groups (broad SMARTS) is 1. The Morgan fingerprint density at radius 2 is 2.10 bits per heavy atom. The van der Waals surface area contributed by atoms with E-state index in [1.807, 2.05) is 13.0 Å². The highest BCUT2D eigenvalue weighted by molar-refractivity contribution is 5.85. The molecule has 0 aromatic heterocycles. The van der Waals surface area contributed by atoms with Crippen LogP contribution in [0.3, 0.4) is 0 Å². The number of morpholine rings is 1. The molecule has 1 saturated carbocycles. The summed E-state index contributed by atoms with van der Waals surface area (Å²) in [4.78, 5) is 25.5. The van der Waals surface area contributed by atoms with Crippen molar-refractivity contribution < 1.29 is 19.4 Å². The summed E-state index contributed by atoms with van der Waals surface area (Å²) >= 11 is 0. The maximum Gasteiger partial charge on any atom is 0.307 e. The molecule has 0 spiro atoms. The fourth-order valence-corrected chi connectivity index (χ4v) is 3.18. The summed E-state index contributed by atoms with van der Waals surface area (Å²) in [5, 5.41) is 18.2. The van der Waals surface area contributed by atoms with Gasteiger partial charge in [-0.3, -0.25) is 9.59 Å². The number of nitriles is 1. The van der Waals surface area contributed by atoms with Crippen molar-refractivity contribution in [1.82, 2.24) is 4.90 Å². The van der Waals surface area contributed by atoms with Gasteiger partial charge in [-0.15, -0.1) is 0 Å². The molecule has 0 radical (unpaired) electrons. The molecule has 2 rings (SSSR count). The van der Waals surface area contributed by atoms with Crippen molar-refractivity contribution in [2.45, 2.75) is 32.3 Å². The molecule has 110 valence electrons. The molecule has 20 heavy (non-hydrogen) atoms. The lowest BCUT2D eigenvalue weighted by atomic mass is 9.94. The van der Waals surface area contributed by atoms with Crippen molar-refractivity contribution in [3.63, 3.8) is 0 Å². The number of ether oxygens (including phenoxy) is 1. The molecule has 1 heterocycles. The Kier molecular flexibility index (Phi) is 4.61. The number of hydrogen-bond acceptors (Lipinski definition) is 4. The second-order valence-electron chi connectivity index (χ2n) is 5.57. The summed E-state index contributed by atoms with van der Waals surface area (Å²) in [5.41, 5.74) is 0. The van der Waals surface area contributed by atoms with Gasteiger partial charge >= 0.3 is 5.97 Å². The van der Waals surface area contributed by atoms with Gasteiger partial charge in [-0.2, -0.15) is 5.26 Å². The highest BCUT2D eigenvalue weighted by Crippen LogP contribution is 2.39. The predicted molar refractivity (Wildman–Crippen MR) is 69.6 cm³/mol. The number of nitrogens with zero attached hydrogens (tertiary/aromatic N) is 2. The smallest absolute Gasteiger partial charge is 0.307 e.